The van der Waals surface area contributed by atoms with Crippen LogP contribution < -0.4 is 0 Å². The van der Waals surface area contributed by atoms with Crippen molar-refractivity contribution in [1.29, 1.82) is 0 Å². The van der Waals surface area contributed by atoms with Gasteiger partial charge in [-0.25, -0.2) is 0 Å². The van der Waals surface area contributed by atoms with Crippen LogP contribution in [0.1, 0.15) is 59.9 Å². The highest BCUT2D eigenvalue weighted by atomic mass is 16.5. The van der Waals surface area contributed by atoms with Crippen LogP contribution in [-0.4, -0.2) is 21.3 Å². The first kappa shape index (κ1) is 15.5. The standard InChI is InChI=1S/C18H29NO/c1-16(2)12-15(13-17(3,4)19(16)20)18(5,6)14-10-8-7-9-11-14/h7-11,15,20H,12-13H2,1-6H3. The van der Waals surface area contributed by atoms with Gasteiger partial charge in [0.25, 0.3) is 0 Å². The predicted molar refractivity (Wildman–Crippen MR) is 84.0 cm³/mol. The predicted octanol–water partition coefficient (Wildman–Crippen LogP) is 4.62. The minimum absolute atomic E-state index is 0.122. The highest BCUT2D eigenvalue weighted by Crippen LogP contribution is 2.47. The molecule has 1 N–H and O–H groups in total. The van der Waals surface area contributed by atoms with E-state index in [1.165, 1.54) is 5.56 Å². The van der Waals surface area contributed by atoms with E-state index in [0.29, 0.717) is 5.92 Å². The van der Waals surface area contributed by atoms with Gasteiger partial charge >= 0.3 is 0 Å². The summed E-state index contributed by atoms with van der Waals surface area (Å²) in [5.74, 6) is 0.554. The van der Waals surface area contributed by atoms with E-state index in [2.05, 4.69) is 71.9 Å². The highest BCUT2D eigenvalue weighted by molar-refractivity contribution is 5.25. The molecule has 0 radical (unpaired) electrons. The molecule has 0 spiro atoms. The van der Waals surface area contributed by atoms with Gasteiger partial charge in [-0.2, -0.15) is 5.06 Å². The Hall–Kier alpha value is -0.860. The second-order valence-corrected chi connectivity index (χ2v) is 8.13. The van der Waals surface area contributed by atoms with Crippen molar-refractivity contribution in [3.63, 3.8) is 0 Å². The molecule has 0 aromatic heterocycles. The Balaban J connectivity index is 2.34. The number of hydroxylamine groups is 2. The van der Waals surface area contributed by atoms with Gasteiger partial charge in [0.15, 0.2) is 0 Å². The summed E-state index contributed by atoms with van der Waals surface area (Å²) in [6, 6.07) is 10.8. The van der Waals surface area contributed by atoms with Crippen LogP contribution in [0.15, 0.2) is 30.3 Å². The van der Waals surface area contributed by atoms with Crippen molar-refractivity contribution >= 4 is 0 Å². The lowest BCUT2D eigenvalue weighted by Crippen LogP contribution is -2.61. The third kappa shape index (κ3) is 2.64. The molecule has 0 atom stereocenters. The van der Waals surface area contributed by atoms with Crippen LogP contribution in [0.4, 0.5) is 0 Å². The van der Waals surface area contributed by atoms with Crippen LogP contribution in [-0.2, 0) is 5.41 Å². The van der Waals surface area contributed by atoms with E-state index in [1.54, 1.807) is 5.06 Å². The van der Waals surface area contributed by atoms with Crippen LogP contribution in [0.2, 0.25) is 0 Å². The minimum atomic E-state index is -0.182. The van der Waals surface area contributed by atoms with E-state index in [1.807, 2.05) is 0 Å². The SMILES string of the molecule is CC(C)(c1ccccc1)C1CC(C)(C)N(O)C(C)(C)C1. The molecule has 0 unspecified atom stereocenters. The van der Waals surface area contributed by atoms with Gasteiger partial charge in [-0.15, -0.1) is 0 Å². The summed E-state index contributed by atoms with van der Waals surface area (Å²) in [4.78, 5) is 0. The third-order valence-electron chi connectivity index (χ3n) is 5.18. The van der Waals surface area contributed by atoms with Crippen molar-refractivity contribution in [1.82, 2.24) is 5.06 Å². The van der Waals surface area contributed by atoms with Crippen molar-refractivity contribution < 1.29 is 5.21 Å². The molecule has 1 fully saturated rings. The van der Waals surface area contributed by atoms with Gasteiger partial charge in [0, 0.05) is 11.1 Å². The number of hydrogen-bond acceptors (Lipinski definition) is 2. The fraction of sp³-hybridized carbons (Fsp3) is 0.667. The van der Waals surface area contributed by atoms with Crippen molar-refractivity contribution in [2.75, 3.05) is 0 Å². The van der Waals surface area contributed by atoms with E-state index in [0.717, 1.165) is 12.8 Å². The second kappa shape index (κ2) is 4.85. The smallest absolute Gasteiger partial charge is 0.0413 e. The van der Waals surface area contributed by atoms with E-state index in [-0.39, 0.29) is 16.5 Å². The minimum Gasteiger partial charge on any atom is -0.313 e. The molecule has 0 saturated carbocycles. The number of rotatable bonds is 2. The van der Waals surface area contributed by atoms with Gasteiger partial charge in [0.05, 0.1) is 0 Å². The second-order valence-electron chi connectivity index (χ2n) is 8.13. The van der Waals surface area contributed by atoms with E-state index in [9.17, 15) is 5.21 Å². The van der Waals surface area contributed by atoms with E-state index < -0.39 is 0 Å². The van der Waals surface area contributed by atoms with Gasteiger partial charge in [-0.1, -0.05) is 44.2 Å². The molecule has 1 heterocycles. The number of piperidine rings is 1. The first-order valence-corrected chi connectivity index (χ1v) is 7.62. The average Bonchev–Trinajstić information content (AvgIpc) is 2.36. The zero-order valence-electron chi connectivity index (χ0n) is 13.8. The highest BCUT2D eigenvalue weighted by Gasteiger charge is 2.49. The molecule has 1 aliphatic heterocycles. The lowest BCUT2D eigenvalue weighted by Gasteiger charge is -2.55. The lowest BCUT2D eigenvalue weighted by molar-refractivity contribution is -0.254. The number of benzene rings is 1. The zero-order chi connectivity index (χ0) is 15.2. The molecular weight excluding hydrogens is 246 g/mol. The summed E-state index contributed by atoms with van der Waals surface area (Å²) in [5.41, 5.74) is 1.15. The van der Waals surface area contributed by atoms with E-state index >= 15 is 0 Å². The number of hydrogen-bond donors (Lipinski definition) is 1. The first-order chi connectivity index (χ1) is 9.07. The molecule has 1 aromatic rings. The Morgan fingerprint density at radius 3 is 1.90 bits per heavy atom. The van der Waals surface area contributed by atoms with Crippen LogP contribution in [0.5, 0.6) is 0 Å². The van der Waals surface area contributed by atoms with Crippen LogP contribution in [0.3, 0.4) is 0 Å². The maximum atomic E-state index is 10.5. The maximum absolute atomic E-state index is 10.5. The molecule has 1 saturated heterocycles. The summed E-state index contributed by atoms with van der Waals surface area (Å²) in [5, 5.41) is 12.0. The maximum Gasteiger partial charge on any atom is 0.0413 e. The molecule has 2 rings (SSSR count). The molecule has 1 aromatic carbocycles. The van der Waals surface area contributed by atoms with Gasteiger partial charge in [0.2, 0.25) is 0 Å². The summed E-state index contributed by atoms with van der Waals surface area (Å²) in [6.07, 6.45) is 2.02. The molecule has 112 valence electrons. The van der Waals surface area contributed by atoms with Gasteiger partial charge < -0.3 is 5.21 Å². The first-order valence-electron chi connectivity index (χ1n) is 7.62. The monoisotopic (exact) mass is 275 g/mol. The normalized spacial score (nSPS) is 23.8. The molecule has 2 nitrogen and oxygen atoms in total. The fourth-order valence-corrected chi connectivity index (χ4v) is 3.88. The van der Waals surface area contributed by atoms with Crippen molar-refractivity contribution in [2.24, 2.45) is 5.92 Å². The zero-order valence-corrected chi connectivity index (χ0v) is 13.8. The quantitative estimate of drug-likeness (QED) is 0.851. The third-order valence-corrected chi connectivity index (χ3v) is 5.18. The van der Waals surface area contributed by atoms with Crippen molar-refractivity contribution in [3.05, 3.63) is 35.9 Å². The molecule has 2 heteroatoms. The molecular formula is C18H29NO. The van der Waals surface area contributed by atoms with Gasteiger partial charge in [-0.05, 0) is 57.4 Å². The van der Waals surface area contributed by atoms with Crippen LogP contribution >= 0.6 is 0 Å². The Morgan fingerprint density at radius 1 is 1.00 bits per heavy atom. The molecule has 0 amide bonds. The average molecular weight is 275 g/mol. The Labute approximate surface area is 123 Å². The van der Waals surface area contributed by atoms with Crippen LogP contribution in [0.25, 0.3) is 0 Å². The number of nitrogens with zero attached hydrogens (tertiary/aromatic N) is 1. The Morgan fingerprint density at radius 2 is 1.45 bits per heavy atom. The molecule has 20 heavy (non-hydrogen) atoms. The van der Waals surface area contributed by atoms with E-state index in [4.69, 9.17) is 0 Å². The summed E-state index contributed by atoms with van der Waals surface area (Å²) in [7, 11) is 0. The topological polar surface area (TPSA) is 23.5 Å². The van der Waals surface area contributed by atoms with Gasteiger partial charge in [-0.3, -0.25) is 0 Å². The molecule has 0 bridgehead atoms. The van der Waals surface area contributed by atoms with Crippen molar-refractivity contribution in [3.8, 4) is 0 Å². The summed E-state index contributed by atoms with van der Waals surface area (Å²) < 4.78 is 0. The Kier molecular flexibility index (Phi) is 3.77. The van der Waals surface area contributed by atoms with Crippen molar-refractivity contribution in [2.45, 2.75) is 70.9 Å². The summed E-state index contributed by atoms with van der Waals surface area (Å²) >= 11 is 0. The lowest BCUT2D eigenvalue weighted by atomic mass is 9.62. The summed E-state index contributed by atoms with van der Waals surface area (Å²) in [6.45, 7) is 13.2. The van der Waals surface area contributed by atoms with Gasteiger partial charge in [0.1, 0.15) is 0 Å². The molecule has 1 aliphatic rings. The Bertz CT molecular complexity index is 444. The molecule has 0 aliphatic carbocycles. The fourth-order valence-electron chi connectivity index (χ4n) is 3.88. The van der Waals surface area contributed by atoms with Crippen LogP contribution in [0, 0.1) is 5.92 Å². The largest absolute Gasteiger partial charge is 0.313 e.